The molecule has 1 saturated heterocycles. The van der Waals surface area contributed by atoms with Crippen LogP contribution < -0.4 is 0 Å². The Kier molecular flexibility index (Phi) is 2.77. The number of carbonyl (C=O) groups excluding carboxylic acids is 1. The Labute approximate surface area is 97.8 Å². The second kappa shape index (κ2) is 3.73. The first-order valence-corrected chi connectivity index (χ1v) is 6.35. The largest absolute Gasteiger partial charge is 0.393 e. The molecule has 0 aromatic carbocycles. The van der Waals surface area contributed by atoms with Crippen molar-refractivity contribution < 1.29 is 9.90 Å². The quantitative estimate of drug-likeness (QED) is 0.684. The van der Waals surface area contributed by atoms with Crippen molar-refractivity contribution in [2.45, 2.75) is 64.5 Å². The van der Waals surface area contributed by atoms with Crippen molar-refractivity contribution in [3.05, 3.63) is 0 Å². The van der Waals surface area contributed by atoms with Crippen molar-refractivity contribution in [3.8, 4) is 0 Å². The van der Waals surface area contributed by atoms with E-state index in [-0.39, 0.29) is 23.0 Å². The van der Waals surface area contributed by atoms with Crippen molar-refractivity contribution in [3.63, 3.8) is 0 Å². The molecule has 1 heterocycles. The fourth-order valence-electron chi connectivity index (χ4n) is 2.95. The lowest BCUT2D eigenvalue weighted by molar-refractivity contribution is -0.158. The number of piperidine rings is 1. The molecule has 1 spiro atoms. The number of hydrogen-bond acceptors (Lipinski definition) is 2. The van der Waals surface area contributed by atoms with Crippen LogP contribution in [0, 0.1) is 5.41 Å². The number of amides is 1. The molecule has 0 aromatic heterocycles. The van der Waals surface area contributed by atoms with Gasteiger partial charge in [-0.2, -0.15) is 0 Å². The predicted octanol–water partition coefficient (Wildman–Crippen LogP) is 1.94. The lowest BCUT2D eigenvalue weighted by Crippen LogP contribution is -2.63. The first-order valence-electron chi connectivity index (χ1n) is 6.35. The fourth-order valence-corrected chi connectivity index (χ4v) is 2.95. The van der Waals surface area contributed by atoms with E-state index < -0.39 is 0 Å². The first kappa shape index (κ1) is 11.9. The van der Waals surface area contributed by atoms with Crippen LogP contribution in [-0.2, 0) is 4.79 Å². The van der Waals surface area contributed by atoms with Gasteiger partial charge in [-0.05, 0) is 32.1 Å². The molecule has 1 aliphatic heterocycles. The van der Waals surface area contributed by atoms with Crippen LogP contribution in [0.15, 0.2) is 0 Å². The lowest BCUT2D eigenvalue weighted by atomic mass is 9.68. The third kappa shape index (κ3) is 1.86. The molecular weight excluding hydrogens is 202 g/mol. The molecule has 16 heavy (non-hydrogen) atoms. The highest BCUT2D eigenvalue weighted by Gasteiger charge is 2.49. The molecule has 1 unspecified atom stereocenters. The Bertz CT molecular complexity index is 289. The predicted molar refractivity (Wildman–Crippen MR) is 63.0 cm³/mol. The Morgan fingerprint density at radius 1 is 1.38 bits per heavy atom. The molecule has 1 amide bonds. The summed E-state index contributed by atoms with van der Waals surface area (Å²) in [6.45, 7) is 6.67. The molecule has 1 N–H and O–H groups in total. The van der Waals surface area contributed by atoms with Crippen molar-refractivity contribution in [2.75, 3.05) is 6.54 Å². The first-order chi connectivity index (χ1) is 7.35. The zero-order valence-corrected chi connectivity index (χ0v) is 10.6. The fraction of sp³-hybridized carbons (Fsp3) is 0.923. The van der Waals surface area contributed by atoms with Gasteiger partial charge >= 0.3 is 0 Å². The van der Waals surface area contributed by atoms with E-state index in [1.54, 1.807) is 0 Å². The molecule has 2 rings (SSSR count). The summed E-state index contributed by atoms with van der Waals surface area (Å²) in [6.07, 6.45) is 4.67. The van der Waals surface area contributed by atoms with Gasteiger partial charge in [-0.3, -0.25) is 4.79 Å². The van der Waals surface area contributed by atoms with Crippen molar-refractivity contribution in [2.24, 2.45) is 5.41 Å². The maximum atomic E-state index is 12.4. The second-order valence-corrected chi connectivity index (χ2v) is 6.43. The standard InChI is InChI=1S/C13H23NO2/c1-12(2,3)11(16)14-8-5-10(15)9-13(14)6-4-7-13/h10,15H,4-9H2,1-3H3. The number of nitrogens with zero attached hydrogens (tertiary/aromatic N) is 1. The third-order valence-corrected chi connectivity index (χ3v) is 4.05. The average molecular weight is 225 g/mol. The number of rotatable bonds is 0. The zero-order valence-electron chi connectivity index (χ0n) is 10.6. The molecule has 0 bridgehead atoms. The average Bonchev–Trinajstić information content (AvgIpc) is 2.12. The van der Waals surface area contributed by atoms with Crippen LogP contribution in [0.2, 0.25) is 0 Å². The maximum absolute atomic E-state index is 12.4. The van der Waals surface area contributed by atoms with E-state index in [1.807, 2.05) is 20.8 Å². The van der Waals surface area contributed by atoms with E-state index in [0.29, 0.717) is 0 Å². The topological polar surface area (TPSA) is 40.5 Å². The highest BCUT2D eigenvalue weighted by Crippen LogP contribution is 2.45. The summed E-state index contributed by atoms with van der Waals surface area (Å²) < 4.78 is 0. The van der Waals surface area contributed by atoms with E-state index in [0.717, 1.165) is 32.2 Å². The number of aliphatic hydroxyl groups excluding tert-OH is 1. The minimum absolute atomic E-state index is 0.00201. The minimum atomic E-state index is -0.301. The Morgan fingerprint density at radius 2 is 2.00 bits per heavy atom. The number of carbonyl (C=O) groups is 1. The van der Waals surface area contributed by atoms with Crippen molar-refractivity contribution in [1.82, 2.24) is 4.90 Å². The van der Waals surface area contributed by atoms with Gasteiger partial charge in [-0.25, -0.2) is 0 Å². The van der Waals surface area contributed by atoms with Gasteiger partial charge < -0.3 is 10.0 Å². The van der Waals surface area contributed by atoms with Crippen LogP contribution >= 0.6 is 0 Å². The Balaban J connectivity index is 2.17. The van der Waals surface area contributed by atoms with Crippen LogP contribution in [0.4, 0.5) is 0 Å². The molecular formula is C13H23NO2. The molecule has 0 radical (unpaired) electrons. The van der Waals surface area contributed by atoms with Gasteiger partial charge in [0, 0.05) is 17.5 Å². The number of aliphatic hydroxyl groups is 1. The normalized spacial score (nSPS) is 29.0. The summed E-state index contributed by atoms with van der Waals surface area (Å²) in [5, 5.41) is 9.77. The summed E-state index contributed by atoms with van der Waals surface area (Å²) in [5.41, 5.74) is -0.299. The molecule has 1 aliphatic carbocycles. The van der Waals surface area contributed by atoms with Crippen LogP contribution in [0.5, 0.6) is 0 Å². The zero-order chi connectivity index (χ0) is 12.0. The van der Waals surface area contributed by atoms with Crippen LogP contribution in [0.3, 0.4) is 0 Å². The smallest absolute Gasteiger partial charge is 0.228 e. The van der Waals surface area contributed by atoms with E-state index in [1.165, 1.54) is 6.42 Å². The van der Waals surface area contributed by atoms with Gasteiger partial charge in [0.05, 0.1) is 6.10 Å². The van der Waals surface area contributed by atoms with Crippen LogP contribution in [0.1, 0.15) is 52.9 Å². The molecule has 3 heteroatoms. The van der Waals surface area contributed by atoms with E-state index in [4.69, 9.17) is 0 Å². The molecule has 0 aromatic rings. The number of hydrogen-bond donors (Lipinski definition) is 1. The van der Waals surface area contributed by atoms with E-state index >= 15 is 0 Å². The Morgan fingerprint density at radius 3 is 2.44 bits per heavy atom. The third-order valence-electron chi connectivity index (χ3n) is 4.05. The molecule has 1 saturated carbocycles. The SMILES string of the molecule is CC(C)(C)C(=O)N1CCC(O)CC12CCC2. The summed E-state index contributed by atoms with van der Waals surface area (Å²) in [5.74, 6) is 0.249. The highest BCUT2D eigenvalue weighted by atomic mass is 16.3. The van der Waals surface area contributed by atoms with Gasteiger partial charge in [-0.15, -0.1) is 0 Å². The van der Waals surface area contributed by atoms with E-state index in [9.17, 15) is 9.90 Å². The summed E-state index contributed by atoms with van der Waals surface area (Å²) in [6, 6.07) is 0. The molecule has 1 atom stereocenters. The van der Waals surface area contributed by atoms with E-state index in [2.05, 4.69) is 4.90 Å². The molecule has 3 nitrogen and oxygen atoms in total. The summed E-state index contributed by atoms with van der Waals surface area (Å²) >= 11 is 0. The maximum Gasteiger partial charge on any atom is 0.228 e. The van der Waals surface area contributed by atoms with Crippen LogP contribution in [-0.4, -0.2) is 34.1 Å². The van der Waals surface area contributed by atoms with Gasteiger partial charge in [0.15, 0.2) is 0 Å². The minimum Gasteiger partial charge on any atom is -0.393 e. The van der Waals surface area contributed by atoms with Gasteiger partial charge in [0.2, 0.25) is 5.91 Å². The van der Waals surface area contributed by atoms with Crippen LogP contribution in [0.25, 0.3) is 0 Å². The molecule has 92 valence electrons. The van der Waals surface area contributed by atoms with Crippen molar-refractivity contribution in [1.29, 1.82) is 0 Å². The van der Waals surface area contributed by atoms with Gasteiger partial charge in [0.1, 0.15) is 0 Å². The second-order valence-electron chi connectivity index (χ2n) is 6.43. The van der Waals surface area contributed by atoms with Gasteiger partial charge in [-0.1, -0.05) is 20.8 Å². The molecule has 2 aliphatic rings. The monoisotopic (exact) mass is 225 g/mol. The van der Waals surface area contributed by atoms with Gasteiger partial charge in [0.25, 0.3) is 0 Å². The lowest BCUT2D eigenvalue weighted by Gasteiger charge is -2.55. The highest BCUT2D eigenvalue weighted by molar-refractivity contribution is 5.82. The Hall–Kier alpha value is -0.570. The van der Waals surface area contributed by atoms with Crippen molar-refractivity contribution >= 4 is 5.91 Å². The summed E-state index contributed by atoms with van der Waals surface area (Å²) in [4.78, 5) is 14.4. The number of likely N-dealkylation sites (tertiary alicyclic amines) is 1. The summed E-state index contributed by atoms with van der Waals surface area (Å²) in [7, 11) is 0. The molecule has 2 fully saturated rings.